The molecule has 2 fully saturated rings. The van der Waals surface area contributed by atoms with E-state index in [2.05, 4.69) is 15.3 Å². The number of imidazole rings is 1. The number of fused-ring (bicyclic) bond motifs is 1. The summed E-state index contributed by atoms with van der Waals surface area (Å²) in [7, 11) is 0. The van der Waals surface area contributed by atoms with E-state index in [4.69, 9.17) is 4.42 Å². The van der Waals surface area contributed by atoms with Gasteiger partial charge in [-0.2, -0.15) is 0 Å². The molecule has 2 aliphatic carbocycles. The molecule has 0 bridgehead atoms. The summed E-state index contributed by atoms with van der Waals surface area (Å²) in [6.45, 7) is 1.98. The summed E-state index contributed by atoms with van der Waals surface area (Å²) < 4.78 is 5.89. The molecule has 0 spiro atoms. The number of benzene rings is 1. The van der Waals surface area contributed by atoms with Crippen LogP contribution in [-0.4, -0.2) is 15.9 Å². The molecule has 2 N–H and O–H groups in total. The zero-order valence-corrected chi connectivity index (χ0v) is 14.2. The highest BCUT2D eigenvalue weighted by Gasteiger charge is 2.46. The molecule has 1 unspecified atom stereocenters. The van der Waals surface area contributed by atoms with Crippen LogP contribution in [0.3, 0.4) is 0 Å². The van der Waals surface area contributed by atoms with E-state index in [0.29, 0.717) is 5.92 Å². The van der Waals surface area contributed by atoms with Crippen molar-refractivity contribution < 1.29 is 9.21 Å². The molecule has 5 heteroatoms. The number of aromatic amines is 1. The number of H-pyrrole nitrogens is 1. The van der Waals surface area contributed by atoms with Gasteiger partial charge < -0.3 is 14.7 Å². The number of rotatable bonds is 5. The quantitative estimate of drug-likeness (QED) is 0.740. The van der Waals surface area contributed by atoms with Gasteiger partial charge in [0.25, 0.3) is 0 Å². The Hall–Kier alpha value is -2.56. The van der Waals surface area contributed by atoms with Crippen LogP contribution in [0.4, 0.5) is 0 Å². The van der Waals surface area contributed by atoms with E-state index in [1.165, 1.54) is 12.8 Å². The predicted molar refractivity (Wildman–Crippen MR) is 94.2 cm³/mol. The molecule has 25 heavy (non-hydrogen) atoms. The molecule has 5 nitrogen and oxygen atoms in total. The van der Waals surface area contributed by atoms with Crippen molar-refractivity contribution in [3.63, 3.8) is 0 Å². The molecule has 1 amide bonds. The van der Waals surface area contributed by atoms with Crippen molar-refractivity contribution in [1.82, 2.24) is 15.3 Å². The van der Waals surface area contributed by atoms with Crippen molar-refractivity contribution in [1.29, 1.82) is 0 Å². The number of aromatic nitrogens is 2. The van der Waals surface area contributed by atoms with E-state index >= 15 is 0 Å². The number of amides is 1. The maximum Gasteiger partial charge on any atom is 0.224 e. The third kappa shape index (κ3) is 2.73. The molecular formula is C20H21N3O2. The Morgan fingerprint density at radius 1 is 1.28 bits per heavy atom. The molecular weight excluding hydrogens is 314 g/mol. The predicted octanol–water partition coefficient (Wildman–Crippen LogP) is 4.01. The summed E-state index contributed by atoms with van der Waals surface area (Å²) in [6.07, 6.45) is 3.29. The van der Waals surface area contributed by atoms with Gasteiger partial charge in [0.1, 0.15) is 17.3 Å². The Morgan fingerprint density at radius 2 is 2.12 bits per heavy atom. The minimum absolute atomic E-state index is 0.000812. The fourth-order valence-corrected chi connectivity index (χ4v) is 3.52. The molecule has 128 valence electrons. The molecule has 2 aliphatic rings. The monoisotopic (exact) mass is 335 g/mol. The highest BCUT2D eigenvalue weighted by atomic mass is 16.3. The number of hydrogen-bond donors (Lipinski definition) is 2. The van der Waals surface area contributed by atoms with Gasteiger partial charge in [0.05, 0.1) is 17.1 Å². The average molecular weight is 335 g/mol. The van der Waals surface area contributed by atoms with Gasteiger partial charge in [0, 0.05) is 17.8 Å². The lowest BCUT2D eigenvalue weighted by Gasteiger charge is -2.11. The SMILES string of the molecule is CC(NC(=O)[C@H]1C[C@@H]1c1nc2ccccc2[nH]1)c1ccc(C2CC2)o1. The van der Waals surface area contributed by atoms with Crippen LogP contribution >= 0.6 is 0 Å². The third-order valence-electron chi connectivity index (χ3n) is 5.30. The number of nitrogens with zero attached hydrogens (tertiary/aromatic N) is 1. The first-order valence-electron chi connectivity index (χ1n) is 9.03. The van der Waals surface area contributed by atoms with Gasteiger partial charge >= 0.3 is 0 Å². The zero-order valence-electron chi connectivity index (χ0n) is 14.2. The number of nitrogens with one attached hydrogen (secondary N) is 2. The summed E-state index contributed by atoms with van der Waals surface area (Å²) in [5, 5.41) is 3.09. The van der Waals surface area contributed by atoms with Crippen molar-refractivity contribution in [2.24, 2.45) is 5.92 Å². The van der Waals surface area contributed by atoms with Crippen LogP contribution in [0.2, 0.25) is 0 Å². The lowest BCUT2D eigenvalue weighted by molar-refractivity contribution is -0.123. The average Bonchev–Trinajstić information content (AvgIpc) is 3.53. The summed E-state index contributed by atoms with van der Waals surface area (Å²) in [4.78, 5) is 20.5. The Kier molecular flexibility index (Phi) is 3.23. The van der Waals surface area contributed by atoms with Crippen LogP contribution in [0.5, 0.6) is 0 Å². The smallest absolute Gasteiger partial charge is 0.224 e. The Labute approximate surface area is 145 Å². The molecule has 0 aliphatic heterocycles. The largest absolute Gasteiger partial charge is 0.464 e. The summed E-state index contributed by atoms with van der Waals surface area (Å²) in [6, 6.07) is 11.9. The van der Waals surface area contributed by atoms with Crippen LogP contribution in [-0.2, 0) is 4.79 Å². The van der Waals surface area contributed by atoms with Crippen molar-refractivity contribution in [3.8, 4) is 0 Å². The van der Waals surface area contributed by atoms with E-state index in [1.807, 2.05) is 43.3 Å². The maximum atomic E-state index is 12.5. The van der Waals surface area contributed by atoms with E-state index in [-0.39, 0.29) is 23.8 Å². The minimum atomic E-state index is -0.100. The number of para-hydroxylation sites is 2. The van der Waals surface area contributed by atoms with E-state index < -0.39 is 0 Å². The number of hydrogen-bond acceptors (Lipinski definition) is 3. The van der Waals surface area contributed by atoms with Gasteiger partial charge in [0.15, 0.2) is 0 Å². The normalized spacial score (nSPS) is 23.6. The summed E-state index contributed by atoms with van der Waals surface area (Å²) >= 11 is 0. The van der Waals surface area contributed by atoms with Gasteiger partial charge in [-0.1, -0.05) is 12.1 Å². The molecule has 0 radical (unpaired) electrons. The first kappa shape index (κ1) is 14.8. The van der Waals surface area contributed by atoms with Gasteiger partial charge in [-0.15, -0.1) is 0 Å². The lowest BCUT2D eigenvalue weighted by atomic mass is 10.2. The Morgan fingerprint density at radius 3 is 2.92 bits per heavy atom. The van der Waals surface area contributed by atoms with Crippen LogP contribution in [0, 0.1) is 5.92 Å². The van der Waals surface area contributed by atoms with E-state index in [1.54, 1.807) is 0 Å². The van der Waals surface area contributed by atoms with Crippen LogP contribution < -0.4 is 5.32 Å². The van der Waals surface area contributed by atoms with Crippen molar-refractivity contribution in [3.05, 3.63) is 53.7 Å². The lowest BCUT2D eigenvalue weighted by Crippen LogP contribution is -2.28. The zero-order chi connectivity index (χ0) is 17.0. The van der Waals surface area contributed by atoms with E-state index in [0.717, 1.165) is 34.8 Å². The molecule has 3 aromatic rings. The highest BCUT2D eigenvalue weighted by molar-refractivity contribution is 5.83. The maximum absolute atomic E-state index is 12.5. The van der Waals surface area contributed by atoms with Crippen molar-refractivity contribution in [2.75, 3.05) is 0 Å². The topological polar surface area (TPSA) is 70.9 Å². The van der Waals surface area contributed by atoms with E-state index in [9.17, 15) is 4.79 Å². The molecule has 2 aromatic heterocycles. The first-order chi connectivity index (χ1) is 12.2. The van der Waals surface area contributed by atoms with Crippen LogP contribution in [0.25, 0.3) is 11.0 Å². The second-order valence-corrected chi connectivity index (χ2v) is 7.33. The molecule has 2 saturated carbocycles. The van der Waals surface area contributed by atoms with Gasteiger partial charge in [0.2, 0.25) is 5.91 Å². The standard InChI is InChI=1S/C20H21N3O2/c1-11(17-8-9-18(25-17)12-6-7-12)21-20(24)14-10-13(14)19-22-15-4-2-3-5-16(15)23-19/h2-5,8-9,11-14H,6-7,10H2,1H3,(H,21,24)(H,22,23)/t11?,13-,14-/m0/s1. The molecule has 2 heterocycles. The van der Waals surface area contributed by atoms with Crippen molar-refractivity contribution in [2.45, 2.75) is 44.1 Å². The molecule has 3 atom stereocenters. The molecule has 1 aromatic carbocycles. The van der Waals surface area contributed by atoms with Gasteiger partial charge in [-0.3, -0.25) is 4.79 Å². The Balaban J connectivity index is 1.24. The Bertz CT molecular complexity index is 904. The number of carbonyl (C=O) groups excluding carboxylic acids is 1. The van der Waals surface area contributed by atoms with Crippen LogP contribution in [0.1, 0.15) is 61.4 Å². The number of carbonyl (C=O) groups is 1. The first-order valence-corrected chi connectivity index (χ1v) is 9.03. The summed E-state index contributed by atoms with van der Waals surface area (Å²) in [5.41, 5.74) is 1.99. The minimum Gasteiger partial charge on any atom is -0.464 e. The number of furan rings is 1. The van der Waals surface area contributed by atoms with Gasteiger partial charge in [-0.25, -0.2) is 4.98 Å². The van der Waals surface area contributed by atoms with Gasteiger partial charge in [-0.05, 0) is 50.5 Å². The fourth-order valence-electron chi connectivity index (χ4n) is 3.52. The second-order valence-electron chi connectivity index (χ2n) is 7.33. The third-order valence-corrected chi connectivity index (χ3v) is 5.30. The summed E-state index contributed by atoms with van der Waals surface area (Å²) in [5.74, 6) is 3.70. The molecule has 5 rings (SSSR count). The van der Waals surface area contributed by atoms with Crippen molar-refractivity contribution >= 4 is 16.9 Å². The fraction of sp³-hybridized carbons (Fsp3) is 0.400. The molecule has 0 saturated heterocycles. The van der Waals surface area contributed by atoms with Crippen LogP contribution in [0.15, 0.2) is 40.8 Å². The second kappa shape index (κ2) is 5.48. The highest BCUT2D eigenvalue weighted by Crippen LogP contribution is 2.47.